The molecule has 0 rings (SSSR count). The van der Waals surface area contributed by atoms with Crippen molar-refractivity contribution in [1.29, 1.82) is 5.26 Å². The van der Waals surface area contributed by atoms with Crippen molar-refractivity contribution in [3.8, 4) is 6.07 Å². The van der Waals surface area contributed by atoms with Gasteiger partial charge in [-0.2, -0.15) is 5.26 Å². The molecule has 0 heterocycles. The minimum Gasteiger partial charge on any atom is -0.772 e. The Kier molecular flexibility index (Phi) is 7.91. The Labute approximate surface area is 91.7 Å². The van der Waals surface area contributed by atoms with Gasteiger partial charge in [0.05, 0.1) is 11.5 Å². The van der Waals surface area contributed by atoms with Crippen LogP contribution in [0.1, 0.15) is 20.3 Å². The van der Waals surface area contributed by atoms with Gasteiger partial charge in [0.25, 0.3) is 0 Å². The molecule has 0 spiro atoms. The molecular formula is C6H10NNaO2S. The topological polar surface area (TPSA) is 63.9 Å². The van der Waals surface area contributed by atoms with Crippen LogP contribution in [-0.2, 0) is 11.1 Å². The summed E-state index contributed by atoms with van der Waals surface area (Å²) in [5, 5.41) is 8.46. The molecule has 0 radical (unpaired) electrons. The van der Waals surface area contributed by atoms with Crippen molar-refractivity contribution >= 4 is 11.1 Å². The average molecular weight is 183 g/mol. The normalized spacial score (nSPS) is 12.9. The largest absolute Gasteiger partial charge is 1.00 e. The fraction of sp³-hybridized carbons (Fsp3) is 0.833. The third kappa shape index (κ3) is 8.51. The maximum Gasteiger partial charge on any atom is 1.00 e. The van der Waals surface area contributed by atoms with E-state index in [1.807, 2.05) is 6.07 Å². The van der Waals surface area contributed by atoms with Crippen LogP contribution in [0.5, 0.6) is 0 Å². The molecule has 0 aromatic heterocycles. The van der Waals surface area contributed by atoms with Crippen LogP contribution >= 0.6 is 0 Å². The first-order valence-corrected chi connectivity index (χ1v) is 4.19. The minimum absolute atomic E-state index is 0. The first-order valence-electron chi connectivity index (χ1n) is 2.95. The van der Waals surface area contributed by atoms with Crippen molar-refractivity contribution in [2.45, 2.75) is 20.3 Å². The van der Waals surface area contributed by atoms with Crippen molar-refractivity contribution in [1.82, 2.24) is 0 Å². The van der Waals surface area contributed by atoms with Gasteiger partial charge in [-0.1, -0.05) is 11.1 Å². The molecule has 0 saturated carbocycles. The van der Waals surface area contributed by atoms with Crippen molar-refractivity contribution in [3.05, 3.63) is 0 Å². The molecule has 1 unspecified atom stereocenters. The number of nitrogens with zero attached hydrogens (tertiary/aromatic N) is 1. The summed E-state index contributed by atoms with van der Waals surface area (Å²) >= 11 is -2.01. The third-order valence-electron chi connectivity index (χ3n) is 1.20. The van der Waals surface area contributed by atoms with Crippen LogP contribution in [-0.4, -0.2) is 14.5 Å². The zero-order valence-corrected chi connectivity index (χ0v) is 9.90. The van der Waals surface area contributed by atoms with Crippen LogP contribution in [0, 0.1) is 16.7 Å². The van der Waals surface area contributed by atoms with Crippen molar-refractivity contribution in [2.24, 2.45) is 5.41 Å². The van der Waals surface area contributed by atoms with E-state index in [-0.39, 0.29) is 35.3 Å². The number of rotatable bonds is 3. The number of nitriles is 1. The van der Waals surface area contributed by atoms with Crippen LogP contribution < -0.4 is 29.6 Å². The Morgan fingerprint density at radius 2 is 2.09 bits per heavy atom. The Morgan fingerprint density at radius 3 is 2.36 bits per heavy atom. The smallest absolute Gasteiger partial charge is 0.772 e. The molecule has 0 aromatic carbocycles. The molecule has 0 fully saturated rings. The second kappa shape index (κ2) is 6.15. The predicted molar refractivity (Wildman–Crippen MR) is 37.8 cm³/mol. The van der Waals surface area contributed by atoms with Gasteiger partial charge in [0.15, 0.2) is 0 Å². The van der Waals surface area contributed by atoms with E-state index in [1.54, 1.807) is 13.8 Å². The fourth-order valence-electron chi connectivity index (χ4n) is 0.394. The molecule has 58 valence electrons. The van der Waals surface area contributed by atoms with Crippen molar-refractivity contribution < 1.29 is 38.3 Å². The summed E-state index contributed by atoms with van der Waals surface area (Å²) < 4.78 is 20.1. The summed E-state index contributed by atoms with van der Waals surface area (Å²) in [6, 6.07) is 2.02. The van der Waals surface area contributed by atoms with Gasteiger partial charge in [-0.15, -0.1) is 0 Å². The van der Waals surface area contributed by atoms with E-state index < -0.39 is 16.5 Å². The van der Waals surface area contributed by atoms with E-state index in [9.17, 15) is 8.76 Å². The molecule has 0 saturated heterocycles. The molecule has 11 heavy (non-hydrogen) atoms. The maximum absolute atomic E-state index is 10.1. The number of hydrogen-bond acceptors (Lipinski definition) is 3. The molecule has 3 nitrogen and oxygen atoms in total. The molecule has 0 N–H and O–H groups in total. The Hall–Kier alpha value is 0.600. The van der Waals surface area contributed by atoms with Gasteiger partial charge in [0.2, 0.25) is 0 Å². The summed E-state index contributed by atoms with van der Waals surface area (Å²) in [5.41, 5.74) is -0.514. The molecule has 0 aromatic rings. The summed E-state index contributed by atoms with van der Waals surface area (Å²) in [4.78, 5) is 0. The predicted octanol–water partition coefficient (Wildman–Crippen LogP) is -2.19. The molecule has 0 amide bonds. The Morgan fingerprint density at radius 1 is 1.64 bits per heavy atom. The molecule has 0 aliphatic carbocycles. The van der Waals surface area contributed by atoms with E-state index in [4.69, 9.17) is 5.26 Å². The van der Waals surface area contributed by atoms with E-state index in [1.165, 1.54) is 0 Å². The summed E-state index contributed by atoms with van der Waals surface area (Å²) in [6.07, 6.45) is 0.402. The van der Waals surface area contributed by atoms with Crippen molar-refractivity contribution in [3.63, 3.8) is 0 Å². The average Bonchev–Trinajstić information content (AvgIpc) is 1.85. The second-order valence-corrected chi connectivity index (χ2v) is 3.77. The van der Waals surface area contributed by atoms with Gasteiger partial charge in [0.1, 0.15) is 0 Å². The van der Waals surface area contributed by atoms with E-state index in [2.05, 4.69) is 0 Å². The van der Waals surface area contributed by atoms with Crippen LogP contribution in [0.4, 0.5) is 0 Å². The second-order valence-electron chi connectivity index (χ2n) is 2.75. The van der Waals surface area contributed by atoms with Crippen LogP contribution in [0.15, 0.2) is 0 Å². The monoisotopic (exact) mass is 183 g/mol. The van der Waals surface area contributed by atoms with Gasteiger partial charge in [-0.3, -0.25) is 4.21 Å². The van der Waals surface area contributed by atoms with Gasteiger partial charge < -0.3 is 4.55 Å². The maximum atomic E-state index is 10.1. The summed E-state index contributed by atoms with van der Waals surface area (Å²) in [5.74, 6) is 0.0700. The zero-order chi connectivity index (χ0) is 8.20. The van der Waals surface area contributed by atoms with E-state index in [0.29, 0.717) is 6.42 Å². The molecule has 1 atom stereocenters. The van der Waals surface area contributed by atoms with Crippen LogP contribution in [0.3, 0.4) is 0 Å². The molecule has 0 aliphatic rings. The molecular weight excluding hydrogens is 173 g/mol. The van der Waals surface area contributed by atoms with Gasteiger partial charge in [0, 0.05) is 5.75 Å². The molecule has 0 bridgehead atoms. The minimum atomic E-state index is -2.01. The standard InChI is InChI=1S/C6H11NO2S.Na/c1-6(2,5-7)3-4-10(8)9;/h3-4H2,1-2H3,(H,8,9);/q;+1/p-1. The first-order chi connectivity index (χ1) is 4.48. The van der Waals surface area contributed by atoms with Gasteiger partial charge in [-0.05, 0) is 20.3 Å². The Balaban J connectivity index is 0. The summed E-state index contributed by atoms with van der Waals surface area (Å²) in [6.45, 7) is 3.44. The van der Waals surface area contributed by atoms with Gasteiger partial charge in [-0.25, -0.2) is 0 Å². The third-order valence-corrected chi connectivity index (χ3v) is 1.73. The first kappa shape index (κ1) is 14.1. The van der Waals surface area contributed by atoms with E-state index >= 15 is 0 Å². The van der Waals surface area contributed by atoms with Crippen LogP contribution in [0.25, 0.3) is 0 Å². The van der Waals surface area contributed by atoms with Crippen LogP contribution in [0.2, 0.25) is 0 Å². The van der Waals surface area contributed by atoms with Gasteiger partial charge >= 0.3 is 29.6 Å². The van der Waals surface area contributed by atoms with E-state index in [0.717, 1.165) is 0 Å². The number of hydrogen-bond donors (Lipinski definition) is 0. The molecule has 5 heteroatoms. The quantitative estimate of drug-likeness (QED) is 0.369. The van der Waals surface area contributed by atoms with Crippen molar-refractivity contribution in [2.75, 3.05) is 5.75 Å². The fourth-order valence-corrected chi connectivity index (χ4v) is 1.07. The Bertz CT molecular complexity index is 176. The molecule has 0 aliphatic heterocycles. The zero-order valence-electron chi connectivity index (χ0n) is 7.09. The SMILES string of the molecule is CC(C)(C#N)CCS(=O)[O-].[Na+]. The summed E-state index contributed by atoms with van der Waals surface area (Å²) in [7, 11) is 0.